The van der Waals surface area contributed by atoms with Crippen LogP contribution in [0.4, 0.5) is 0 Å². The van der Waals surface area contributed by atoms with Crippen molar-refractivity contribution in [1.29, 1.82) is 0 Å². The molecule has 142 valence electrons. The number of ether oxygens (including phenoxy) is 2. The van der Waals surface area contributed by atoms with Gasteiger partial charge in [-0.25, -0.2) is 12.7 Å². The quantitative estimate of drug-likeness (QED) is 0.704. The lowest BCUT2D eigenvalue weighted by molar-refractivity contribution is 0.0820. The zero-order valence-electron chi connectivity index (χ0n) is 15.2. The van der Waals surface area contributed by atoms with Crippen LogP contribution in [0.25, 0.3) is 0 Å². The van der Waals surface area contributed by atoms with Crippen LogP contribution in [-0.4, -0.2) is 45.2 Å². The Hall–Kier alpha value is -2.87. The summed E-state index contributed by atoms with van der Waals surface area (Å²) in [4.78, 5) is 25.0. The maximum atomic E-state index is 12.8. The predicted octanol–water partition coefficient (Wildman–Crippen LogP) is 2.29. The maximum absolute atomic E-state index is 12.8. The molecule has 0 saturated heterocycles. The average molecular weight is 389 g/mol. The summed E-state index contributed by atoms with van der Waals surface area (Å²) >= 11 is 0. The van der Waals surface area contributed by atoms with Gasteiger partial charge < -0.3 is 9.47 Å². The Bertz CT molecular complexity index is 1010. The molecule has 0 saturated carbocycles. The van der Waals surface area contributed by atoms with Crippen molar-refractivity contribution >= 4 is 21.7 Å². The second kappa shape index (κ2) is 7.03. The number of aryl methyl sites for hydroxylation is 1. The third kappa shape index (κ3) is 3.16. The Morgan fingerprint density at radius 2 is 1.63 bits per heavy atom. The Balaban J connectivity index is 1.95. The minimum atomic E-state index is -4.14. The molecular formula is C19H19NO6S. The first-order valence-electron chi connectivity index (χ1n) is 8.28. The van der Waals surface area contributed by atoms with Crippen LogP contribution in [0.2, 0.25) is 0 Å². The fraction of sp³-hybridized carbons (Fsp3) is 0.263. The van der Waals surface area contributed by atoms with Gasteiger partial charge in [0.25, 0.3) is 15.9 Å². The number of Topliss-reactive ketones (excluding diaryl/α,β-unsaturated/α-hetero) is 1. The normalized spacial score (nSPS) is 14.8. The van der Waals surface area contributed by atoms with Gasteiger partial charge in [-0.2, -0.15) is 0 Å². The van der Waals surface area contributed by atoms with E-state index >= 15 is 0 Å². The first-order valence-corrected chi connectivity index (χ1v) is 9.72. The van der Waals surface area contributed by atoms with Crippen LogP contribution in [0.5, 0.6) is 11.5 Å². The lowest BCUT2D eigenvalue weighted by atomic mass is 10.1. The number of amides is 1. The summed E-state index contributed by atoms with van der Waals surface area (Å²) in [5.74, 6) is -0.787. The molecule has 0 spiro atoms. The number of rotatable bonds is 6. The van der Waals surface area contributed by atoms with E-state index in [2.05, 4.69) is 0 Å². The van der Waals surface area contributed by atoms with E-state index in [0.29, 0.717) is 9.87 Å². The summed E-state index contributed by atoms with van der Waals surface area (Å²) in [5, 5.41) is 0. The Kier molecular flexibility index (Phi) is 4.93. The number of hydrogen-bond donors (Lipinski definition) is 0. The van der Waals surface area contributed by atoms with E-state index in [1.54, 1.807) is 24.3 Å². The minimum absolute atomic E-state index is 0.0400. The van der Waals surface area contributed by atoms with Crippen molar-refractivity contribution in [1.82, 2.24) is 4.31 Å². The van der Waals surface area contributed by atoms with Gasteiger partial charge in [-0.05, 0) is 18.1 Å². The molecule has 2 aromatic carbocycles. The van der Waals surface area contributed by atoms with Gasteiger partial charge >= 0.3 is 0 Å². The van der Waals surface area contributed by atoms with Crippen molar-refractivity contribution in [3.05, 3.63) is 53.1 Å². The van der Waals surface area contributed by atoms with Crippen LogP contribution < -0.4 is 9.47 Å². The van der Waals surface area contributed by atoms with Crippen LogP contribution in [0.1, 0.15) is 33.2 Å². The van der Waals surface area contributed by atoms with Crippen molar-refractivity contribution in [2.75, 3.05) is 20.8 Å². The summed E-state index contributed by atoms with van der Waals surface area (Å²) in [6.45, 7) is 1.43. The molecule has 1 amide bonds. The number of benzene rings is 2. The van der Waals surface area contributed by atoms with E-state index in [1.165, 1.54) is 26.4 Å². The van der Waals surface area contributed by atoms with Crippen LogP contribution in [0.15, 0.2) is 41.3 Å². The van der Waals surface area contributed by atoms with E-state index in [4.69, 9.17) is 9.47 Å². The largest absolute Gasteiger partial charge is 0.493 e. The molecule has 3 rings (SSSR count). The molecule has 1 aliphatic heterocycles. The Labute approximate surface area is 157 Å². The van der Waals surface area contributed by atoms with Crippen molar-refractivity contribution in [3.63, 3.8) is 0 Å². The Morgan fingerprint density at radius 1 is 1.04 bits per heavy atom. The van der Waals surface area contributed by atoms with E-state index in [9.17, 15) is 18.0 Å². The molecule has 0 radical (unpaired) electrons. The number of sulfonamides is 1. The fourth-order valence-electron chi connectivity index (χ4n) is 2.91. The molecule has 8 heteroatoms. The second-order valence-electron chi connectivity index (χ2n) is 5.99. The van der Waals surface area contributed by atoms with E-state index in [0.717, 1.165) is 12.0 Å². The minimum Gasteiger partial charge on any atom is -0.493 e. The van der Waals surface area contributed by atoms with E-state index in [1.807, 2.05) is 6.92 Å². The van der Waals surface area contributed by atoms with E-state index < -0.39 is 28.3 Å². The number of carbonyl (C=O) groups is 2. The summed E-state index contributed by atoms with van der Waals surface area (Å²) < 4.78 is 36.4. The number of nitrogens with zero attached hydrogens (tertiary/aromatic N) is 1. The van der Waals surface area contributed by atoms with Gasteiger partial charge in [0.15, 0.2) is 17.3 Å². The molecule has 27 heavy (non-hydrogen) atoms. The standard InChI is InChI=1S/C19H19NO6S/c1-4-12-5-7-13(8-6-12)15(21)11-20-19(22)14-9-16(25-2)17(26-3)10-18(14)27(20,23)24/h5-10H,4,11H2,1-3H3. The monoisotopic (exact) mass is 389 g/mol. The van der Waals surface area contributed by atoms with Crippen molar-refractivity contribution < 1.29 is 27.5 Å². The SMILES string of the molecule is CCc1ccc(C(=O)CN2C(=O)c3cc(OC)c(OC)cc3S2(=O)=O)cc1. The van der Waals surface area contributed by atoms with Gasteiger partial charge in [0.05, 0.1) is 19.8 Å². The molecule has 0 bridgehead atoms. The van der Waals surface area contributed by atoms with Crippen molar-refractivity contribution in [3.8, 4) is 11.5 Å². The number of methoxy groups -OCH3 is 2. The molecule has 1 aliphatic rings. The fourth-order valence-corrected chi connectivity index (χ4v) is 4.43. The molecular weight excluding hydrogens is 370 g/mol. The van der Waals surface area contributed by atoms with Crippen molar-refractivity contribution in [2.45, 2.75) is 18.2 Å². The Morgan fingerprint density at radius 3 is 2.19 bits per heavy atom. The number of ketones is 1. The second-order valence-corrected chi connectivity index (χ2v) is 7.82. The number of carbonyl (C=O) groups excluding carboxylic acids is 2. The molecule has 0 atom stereocenters. The predicted molar refractivity (Wildman–Crippen MR) is 97.9 cm³/mol. The number of hydrogen-bond acceptors (Lipinski definition) is 6. The number of fused-ring (bicyclic) bond motifs is 1. The summed E-state index contributed by atoms with van der Waals surface area (Å²) in [7, 11) is -1.38. The van der Waals surface area contributed by atoms with Crippen LogP contribution in [0, 0.1) is 0 Å². The zero-order chi connectivity index (χ0) is 19.8. The molecule has 2 aromatic rings. The van der Waals surface area contributed by atoms with Gasteiger partial charge in [-0.15, -0.1) is 0 Å². The highest BCUT2D eigenvalue weighted by molar-refractivity contribution is 7.90. The van der Waals surface area contributed by atoms with Gasteiger partial charge in [-0.1, -0.05) is 31.2 Å². The van der Waals surface area contributed by atoms with Crippen LogP contribution in [0.3, 0.4) is 0 Å². The molecule has 0 aromatic heterocycles. The highest BCUT2D eigenvalue weighted by Gasteiger charge is 2.43. The van der Waals surface area contributed by atoms with E-state index in [-0.39, 0.29) is 22.0 Å². The van der Waals surface area contributed by atoms with Crippen LogP contribution in [-0.2, 0) is 16.4 Å². The lowest BCUT2D eigenvalue weighted by Crippen LogP contribution is -2.35. The maximum Gasteiger partial charge on any atom is 0.269 e. The highest BCUT2D eigenvalue weighted by atomic mass is 32.2. The first kappa shape index (κ1) is 18.9. The van der Waals surface area contributed by atoms with Crippen molar-refractivity contribution in [2.24, 2.45) is 0 Å². The molecule has 1 heterocycles. The van der Waals surface area contributed by atoms with Gasteiger partial charge in [0, 0.05) is 11.6 Å². The lowest BCUT2D eigenvalue weighted by Gasteiger charge is -2.14. The third-order valence-corrected chi connectivity index (χ3v) is 6.25. The molecule has 7 nitrogen and oxygen atoms in total. The van der Waals surface area contributed by atoms with Gasteiger partial charge in [-0.3, -0.25) is 9.59 Å². The first-order chi connectivity index (χ1) is 12.8. The van der Waals surface area contributed by atoms with Gasteiger partial charge in [0.1, 0.15) is 11.4 Å². The smallest absolute Gasteiger partial charge is 0.269 e. The zero-order valence-corrected chi connectivity index (χ0v) is 16.0. The molecule has 0 fully saturated rings. The van der Waals surface area contributed by atoms with Gasteiger partial charge in [0.2, 0.25) is 0 Å². The third-order valence-electron chi connectivity index (χ3n) is 4.48. The molecule has 0 unspecified atom stereocenters. The summed E-state index contributed by atoms with van der Waals surface area (Å²) in [6.07, 6.45) is 0.826. The van der Waals surface area contributed by atoms with Crippen LogP contribution >= 0.6 is 0 Å². The summed E-state index contributed by atoms with van der Waals surface area (Å²) in [6, 6.07) is 9.42. The highest BCUT2D eigenvalue weighted by Crippen LogP contribution is 2.38. The molecule has 0 N–H and O–H groups in total. The topological polar surface area (TPSA) is 90.0 Å². The average Bonchev–Trinajstić information content (AvgIpc) is 2.87. The summed E-state index contributed by atoms with van der Waals surface area (Å²) in [5.41, 5.74) is 1.37. The molecule has 0 aliphatic carbocycles.